The number of nitrogens with two attached hydrogens (primary N) is 1. The Balaban J connectivity index is 1.81. The summed E-state index contributed by atoms with van der Waals surface area (Å²) in [5.74, 6) is 6.49. The summed E-state index contributed by atoms with van der Waals surface area (Å²) in [6.07, 6.45) is 10.7. The third-order valence-electron chi connectivity index (χ3n) is 4.94. The Hall–Kier alpha value is -0.810. The molecular formula is C15H30N4O. The first kappa shape index (κ1) is 15.6. The standard InChI is InChI=1S/C15H30N4O/c1-20-13-5-10-17-14(18-16)19-11-8-15(9-12-19)6-3-2-4-7-15/h2-13,16H2,1H3,(H,17,18). The summed E-state index contributed by atoms with van der Waals surface area (Å²) in [4.78, 5) is 6.88. The van der Waals surface area contributed by atoms with Crippen LogP contribution in [0.15, 0.2) is 4.99 Å². The van der Waals surface area contributed by atoms with E-state index in [1.807, 2.05) is 0 Å². The predicted molar refractivity (Wildman–Crippen MR) is 82.4 cm³/mol. The van der Waals surface area contributed by atoms with E-state index in [-0.39, 0.29) is 0 Å². The summed E-state index contributed by atoms with van der Waals surface area (Å²) in [6.45, 7) is 3.71. The molecule has 0 bridgehead atoms. The summed E-state index contributed by atoms with van der Waals surface area (Å²) in [5, 5.41) is 0. The van der Waals surface area contributed by atoms with Crippen molar-refractivity contribution in [2.75, 3.05) is 33.4 Å². The fourth-order valence-electron chi connectivity index (χ4n) is 3.63. The molecule has 116 valence electrons. The van der Waals surface area contributed by atoms with Gasteiger partial charge >= 0.3 is 0 Å². The summed E-state index contributed by atoms with van der Waals surface area (Å²) in [7, 11) is 1.72. The van der Waals surface area contributed by atoms with Crippen molar-refractivity contribution in [1.82, 2.24) is 10.3 Å². The number of hydrogen-bond acceptors (Lipinski definition) is 3. The maximum atomic E-state index is 5.63. The molecule has 0 aromatic rings. The van der Waals surface area contributed by atoms with Crippen LogP contribution in [0.4, 0.5) is 0 Å². The number of nitrogens with zero attached hydrogens (tertiary/aromatic N) is 2. The molecule has 1 saturated heterocycles. The Kier molecular flexibility index (Phi) is 6.10. The zero-order valence-electron chi connectivity index (χ0n) is 12.9. The molecule has 0 amide bonds. The summed E-state index contributed by atoms with van der Waals surface area (Å²) in [5.41, 5.74) is 3.40. The van der Waals surface area contributed by atoms with Crippen LogP contribution in [0.25, 0.3) is 0 Å². The fraction of sp³-hybridized carbons (Fsp3) is 0.933. The van der Waals surface area contributed by atoms with Crippen LogP contribution in [0.5, 0.6) is 0 Å². The van der Waals surface area contributed by atoms with E-state index < -0.39 is 0 Å². The van der Waals surface area contributed by atoms with Crippen molar-refractivity contribution < 1.29 is 4.74 Å². The average molecular weight is 282 g/mol. The lowest BCUT2D eigenvalue weighted by atomic mass is 9.68. The number of rotatable bonds is 4. The Bertz CT molecular complexity index is 303. The average Bonchev–Trinajstić information content (AvgIpc) is 2.50. The van der Waals surface area contributed by atoms with E-state index in [0.717, 1.165) is 38.6 Å². The maximum absolute atomic E-state index is 5.63. The van der Waals surface area contributed by atoms with Crippen LogP contribution in [0, 0.1) is 5.41 Å². The van der Waals surface area contributed by atoms with E-state index in [2.05, 4.69) is 15.3 Å². The molecule has 1 aliphatic carbocycles. The van der Waals surface area contributed by atoms with Crippen LogP contribution in [0.2, 0.25) is 0 Å². The van der Waals surface area contributed by atoms with E-state index in [1.165, 1.54) is 44.9 Å². The lowest BCUT2D eigenvalue weighted by Crippen LogP contribution is -2.50. The van der Waals surface area contributed by atoms with Gasteiger partial charge in [-0.25, -0.2) is 5.84 Å². The summed E-state index contributed by atoms with van der Waals surface area (Å²) < 4.78 is 5.04. The molecule has 2 fully saturated rings. The minimum atomic E-state index is 0.629. The molecule has 0 aromatic heterocycles. The molecular weight excluding hydrogens is 252 g/mol. The van der Waals surface area contributed by atoms with Crippen molar-refractivity contribution >= 4 is 5.96 Å². The molecule has 5 nitrogen and oxygen atoms in total. The van der Waals surface area contributed by atoms with Crippen molar-refractivity contribution in [1.29, 1.82) is 0 Å². The number of hydrazine groups is 1. The van der Waals surface area contributed by atoms with Gasteiger partial charge in [0.2, 0.25) is 5.96 Å². The van der Waals surface area contributed by atoms with Gasteiger partial charge in [-0.1, -0.05) is 19.3 Å². The highest BCUT2D eigenvalue weighted by atomic mass is 16.5. The first-order valence-corrected chi connectivity index (χ1v) is 8.05. The maximum Gasteiger partial charge on any atom is 0.208 e. The van der Waals surface area contributed by atoms with Crippen LogP contribution >= 0.6 is 0 Å². The summed E-state index contributed by atoms with van der Waals surface area (Å²) >= 11 is 0. The second kappa shape index (κ2) is 7.84. The number of methoxy groups -OCH3 is 1. The highest BCUT2D eigenvalue weighted by Crippen LogP contribution is 2.44. The number of likely N-dealkylation sites (tertiary alicyclic amines) is 1. The summed E-state index contributed by atoms with van der Waals surface area (Å²) in [6, 6.07) is 0. The molecule has 1 heterocycles. The van der Waals surface area contributed by atoms with Gasteiger partial charge in [0.1, 0.15) is 0 Å². The molecule has 20 heavy (non-hydrogen) atoms. The van der Waals surface area contributed by atoms with Gasteiger partial charge in [-0.05, 0) is 37.5 Å². The van der Waals surface area contributed by atoms with Gasteiger partial charge in [0.25, 0.3) is 0 Å². The second-order valence-corrected chi connectivity index (χ2v) is 6.24. The van der Waals surface area contributed by atoms with E-state index in [4.69, 9.17) is 10.6 Å². The third-order valence-corrected chi connectivity index (χ3v) is 4.94. The molecule has 1 aliphatic heterocycles. The van der Waals surface area contributed by atoms with E-state index in [0.29, 0.717) is 5.41 Å². The third kappa shape index (κ3) is 4.09. The molecule has 1 spiro atoms. The first-order chi connectivity index (χ1) is 9.79. The van der Waals surface area contributed by atoms with Crippen molar-refractivity contribution in [3.8, 4) is 0 Å². The van der Waals surface area contributed by atoms with Crippen LogP contribution in [-0.2, 0) is 4.74 Å². The van der Waals surface area contributed by atoms with Crippen LogP contribution in [-0.4, -0.2) is 44.2 Å². The van der Waals surface area contributed by atoms with Gasteiger partial charge in [0.15, 0.2) is 0 Å². The quantitative estimate of drug-likeness (QED) is 0.272. The fourth-order valence-corrected chi connectivity index (χ4v) is 3.63. The number of piperidine rings is 1. The van der Waals surface area contributed by atoms with Crippen LogP contribution in [0.3, 0.4) is 0 Å². The van der Waals surface area contributed by atoms with Gasteiger partial charge in [-0.2, -0.15) is 0 Å². The zero-order chi connectivity index (χ0) is 14.3. The molecule has 0 radical (unpaired) electrons. The lowest BCUT2D eigenvalue weighted by molar-refractivity contribution is 0.0962. The molecule has 0 aromatic carbocycles. The van der Waals surface area contributed by atoms with E-state index in [1.54, 1.807) is 7.11 Å². The minimum absolute atomic E-state index is 0.629. The lowest BCUT2D eigenvalue weighted by Gasteiger charge is -2.44. The largest absolute Gasteiger partial charge is 0.385 e. The Labute approximate surface area is 122 Å². The van der Waals surface area contributed by atoms with Gasteiger partial charge in [-0.3, -0.25) is 10.4 Å². The molecule has 1 saturated carbocycles. The molecule has 0 atom stereocenters. The number of nitrogens with one attached hydrogen (secondary N) is 1. The van der Waals surface area contributed by atoms with Gasteiger partial charge in [0, 0.05) is 33.4 Å². The van der Waals surface area contributed by atoms with Gasteiger partial charge in [0.05, 0.1) is 0 Å². The van der Waals surface area contributed by atoms with Gasteiger partial charge in [-0.15, -0.1) is 0 Å². The Morgan fingerprint density at radius 1 is 1.20 bits per heavy atom. The number of ether oxygens (including phenoxy) is 1. The van der Waals surface area contributed by atoms with Crippen molar-refractivity contribution in [2.45, 2.75) is 51.4 Å². The molecule has 2 rings (SSSR count). The SMILES string of the molecule is COCCCN=C(NN)N1CCC2(CCCCC2)CC1. The molecule has 2 aliphatic rings. The molecule has 0 unspecified atom stereocenters. The predicted octanol–water partition coefficient (Wildman–Crippen LogP) is 1.89. The smallest absolute Gasteiger partial charge is 0.208 e. The monoisotopic (exact) mass is 282 g/mol. The zero-order valence-corrected chi connectivity index (χ0v) is 12.9. The topological polar surface area (TPSA) is 62.9 Å². The molecule has 5 heteroatoms. The normalized spacial score (nSPS) is 23.1. The Morgan fingerprint density at radius 3 is 2.50 bits per heavy atom. The van der Waals surface area contributed by atoms with E-state index >= 15 is 0 Å². The first-order valence-electron chi connectivity index (χ1n) is 8.05. The number of hydrogen-bond donors (Lipinski definition) is 2. The Morgan fingerprint density at radius 2 is 1.90 bits per heavy atom. The number of guanidine groups is 1. The van der Waals surface area contributed by atoms with Crippen LogP contribution < -0.4 is 11.3 Å². The number of aliphatic imine (C=N–C) groups is 1. The second-order valence-electron chi connectivity index (χ2n) is 6.24. The minimum Gasteiger partial charge on any atom is -0.385 e. The van der Waals surface area contributed by atoms with Crippen molar-refractivity contribution in [3.63, 3.8) is 0 Å². The van der Waals surface area contributed by atoms with Crippen LogP contribution in [0.1, 0.15) is 51.4 Å². The van der Waals surface area contributed by atoms with Crippen molar-refractivity contribution in [2.24, 2.45) is 16.3 Å². The highest BCUT2D eigenvalue weighted by molar-refractivity contribution is 5.79. The molecule has 3 N–H and O–H groups in total. The van der Waals surface area contributed by atoms with E-state index in [9.17, 15) is 0 Å². The van der Waals surface area contributed by atoms with Gasteiger partial charge < -0.3 is 9.64 Å². The van der Waals surface area contributed by atoms with Crippen molar-refractivity contribution in [3.05, 3.63) is 0 Å². The highest BCUT2D eigenvalue weighted by Gasteiger charge is 2.36.